The Kier molecular flexibility index (Phi) is 4.20. The van der Waals surface area contributed by atoms with Gasteiger partial charge in [0, 0.05) is 24.2 Å². The number of pyridine rings is 2. The van der Waals surface area contributed by atoms with Crippen molar-refractivity contribution in [1.82, 2.24) is 19.7 Å². The van der Waals surface area contributed by atoms with Crippen molar-refractivity contribution in [1.29, 1.82) is 0 Å². The zero-order chi connectivity index (χ0) is 18.2. The first-order valence-corrected chi connectivity index (χ1v) is 7.50. The number of carbonyl (C=O) groups is 1. The molecule has 0 aliphatic carbocycles. The van der Waals surface area contributed by atoms with E-state index in [4.69, 9.17) is 0 Å². The quantitative estimate of drug-likeness (QED) is 0.789. The van der Waals surface area contributed by atoms with E-state index in [1.54, 1.807) is 19.2 Å². The van der Waals surface area contributed by atoms with E-state index in [-0.39, 0.29) is 11.3 Å². The number of fused-ring (bicyclic) bond motifs is 1. The fourth-order valence-electron chi connectivity index (χ4n) is 2.64. The molecule has 3 heterocycles. The van der Waals surface area contributed by atoms with Crippen molar-refractivity contribution in [3.05, 3.63) is 65.4 Å². The Labute approximate surface area is 141 Å². The standard InChI is InChI=1S/C17H15F3N4O/c1-10-5-6-13-22-11(2)14(24(13)9-10)16(25)23-15(17(18,19)20)12-4-3-7-21-8-12/h3-9,15H,1-2H3,(H,23,25)/t15-/m0/s1. The van der Waals surface area contributed by atoms with Gasteiger partial charge in [0.1, 0.15) is 11.3 Å². The molecule has 0 fully saturated rings. The Morgan fingerprint density at radius 1 is 1.24 bits per heavy atom. The van der Waals surface area contributed by atoms with Gasteiger partial charge in [-0.2, -0.15) is 13.2 Å². The molecule has 1 N–H and O–H groups in total. The summed E-state index contributed by atoms with van der Waals surface area (Å²) in [6, 6.07) is 4.04. The SMILES string of the molecule is Cc1ccc2nc(C)c(C(=O)N[C@@H](c3cccnc3)C(F)(F)F)n2c1. The minimum absolute atomic E-state index is 0.0804. The van der Waals surface area contributed by atoms with Gasteiger partial charge in [0.2, 0.25) is 0 Å². The van der Waals surface area contributed by atoms with Crippen molar-refractivity contribution in [3.8, 4) is 0 Å². The molecule has 0 spiro atoms. The van der Waals surface area contributed by atoms with Crippen molar-refractivity contribution < 1.29 is 18.0 Å². The van der Waals surface area contributed by atoms with Crippen LogP contribution in [0.3, 0.4) is 0 Å². The highest BCUT2D eigenvalue weighted by molar-refractivity contribution is 5.95. The summed E-state index contributed by atoms with van der Waals surface area (Å²) in [6.45, 7) is 3.41. The van der Waals surface area contributed by atoms with Crippen molar-refractivity contribution in [2.75, 3.05) is 0 Å². The average molecular weight is 348 g/mol. The minimum atomic E-state index is -4.65. The van der Waals surface area contributed by atoms with Crippen LogP contribution in [0, 0.1) is 13.8 Å². The van der Waals surface area contributed by atoms with Crippen molar-refractivity contribution in [3.63, 3.8) is 0 Å². The Morgan fingerprint density at radius 2 is 2.00 bits per heavy atom. The summed E-state index contributed by atoms with van der Waals surface area (Å²) in [5, 5.41) is 2.06. The smallest absolute Gasteiger partial charge is 0.335 e. The molecule has 0 saturated heterocycles. The second-order valence-electron chi connectivity index (χ2n) is 5.71. The maximum atomic E-state index is 13.4. The summed E-state index contributed by atoms with van der Waals surface area (Å²) in [5.74, 6) is -0.846. The molecular weight excluding hydrogens is 333 g/mol. The summed E-state index contributed by atoms with van der Waals surface area (Å²) in [4.78, 5) is 20.5. The molecule has 0 unspecified atom stereocenters. The highest BCUT2D eigenvalue weighted by Crippen LogP contribution is 2.32. The number of carbonyl (C=O) groups excluding carboxylic acids is 1. The van der Waals surface area contributed by atoms with E-state index in [0.29, 0.717) is 11.3 Å². The molecule has 8 heteroatoms. The number of aryl methyl sites for hydroxylation is 2. The van der Waals surface area contributed by atoms with Gasteiger partial charge in [-0.05, 0) is 31.5 Å². The summed E-state index contributed by atoms with van der Waals surface area (Å²) in [5.41, 5.74) is 1.66. The van der Waals surface area contributed by atoms with Crippen LogP contribution in [0.5, 0.6) is 0 Å². The molecular formula is C17H15F3N4O. The molecule has 130 valence electrons. The van der Waals surface area contributed by atoms with Gasteiger partial charge in [0.05, 0.1) is 5.69 Å². The van der Waals surface area contributed by atoms with Crippen LogP contribution in [0.15, 0.2) is 42.9 Å². The molecule has 0 bridgehead atoms. The number of amides is 1. The van der Waals surface area contributed by atoms with Crippen LogP contribution < -0.4 is 5.32 Å². The van der Waals surface area contributed by atoms with Crippen LogP contribution in [0.2, 0.25) is 0 Å². The van der Waals surface area contributed by atoms with Gasteiger partial charge in [-0.1, -0.05) is 12.1 Å². The van der Waals surface area contributed by atoms with Gasteiger partial charge >= 0.3 is 6.18 Å². The molecule has 1 atom stereocenters. The molecule has 25 heavy (non-hydrogen) atoms. The third kappa shape index (κ3) is 3.33. The van der Waals surface area contributed by atoms with E-state index < -0.39 is 18.1 Å². The molecule has 3 aromatic heterocycles. The van der Waals surface area contributed by atoms with Crippen LogP contribution in [0.1, 0.15) is 33.4 Å². The maximum absolute atomic E-state index is 13.4. The number of nitrogens with zero attached hydrogens (tertiary/aromatic N) is 3. The first-order valence-electron chi connectivity index (χ1n) is 7.50. The number of alkyl halides is 3. The second kappa shape index (κ2) is 6.19. The first-order chi connectivity index (χ1) is 11.8. The molecule has 0 aliphatic rings. The summed E-state index contributed by atoms with van der Waals surface area (Å²) < 4.78 is 41.8. The molecule has 0 aromatic carbocycles. The second-order valence-corrected chi connectivity index (χ2v) is 5.71. The van der Waals surface area contributed by atoms with Crippen molar-refractivity contribution >= 4 is 11.6 Å². The number of rotatable bonds is 3. The van der Waals surface area contributed by atoms with Crippen LogP contribution >= 0.6 is 0 Å². The lowest BCUT2D eigenvalue weighted by molar-refractivity contribution is -0.155. The molecule has 0 saturated carbocycles. The van der Waals surface area contributed by atoms with Crippen LogP contribution in [0.25, 0.3) is 5.65 Å². The molecule has 0 aliphatic heterocycles. The molecule has 0 radical (unpaired) electrons. The van der Waals surface area contributed by atoms with Gasteiger partial charge in [-0.3, -0.25) is 14.2 Å². The van der Waals surface area contributed by atoms with E-state index in [1.165, 1.54) is 22.7 Å². The van der Waals surface area contributed by atoms with E-state index in [9.17, 15) is 18.0 Å². The predicted octanol–water partition coefficient (Wildman–Crippen LogP) is 3.38. The molecule has 5 nitrogen and oxygen atoms in total. The zero-order valence-corrected chi connectivity index (χ0v) is 13.5. The average Bonchev–Trinajstić information content (AvgIpc) is 2.87. The summed E-state index contributed by atoms with van der Waals surface area (Å²) in [6.07, 6.45) is -0.528. The van der Waals surface area contributed by atoms with Gasteiger partial charge in [-0.25, -0.2) is 4.98 Å². The predicted molar refractivity (Wildman–Crippen MR) is 85.2 cm³/mol. The number of hydrogen-bond donors (Lipinski definition) is 1. The fourth-order valence-corrected chi connectivity index (χ4v) is 2.64. The van der Waals surface area contributed by atoms with Gasteiger partial charge in [0.15, 0.2) is 6.04 Å². The van der Waals surface area contributed by atoms with Crippen LogP contribution in [-0.2, 0) is 0 Å². The Hall–Kier alpha value is -2.90. The third-order valence-electron chi connectivity index (χ3n) is 3.78. The van der Waals surface area contributed by atoms with E-state index in [2.05, 4.69) is 15.3 Å². The van der Waals surface area contributed by atoms with Gasteiger partial charge in [0.25, 0.3) is 5.91 Å². The van der Waals surface area contributed by atoms with Crippen molar-refractivity contribution in [2.24, 2.45) is 0 Å². The van der Waals surface area contributed by atoms with E-state index in [0.717, 1.165) is 11.8 Å². The number of imidazole rings is 1. The Morgan fingerprint density at radius 3 is 2.64 bits per heavy atom. The van der Waals surface area contributed by atoms with Crippen molar-refractivity contribution in [2.45, 2.75) is 26.1 Å². The van der Waals surface area contributed by atoms with E-state index in [1.807, 2.05) is 13.0 Å². The lowest BCUT2D eigenvalue weighted by atomic mass is 10.1. The number of hydrogen-bond acceptors (Lipinski definition) is 3. The van der Waals surface area contributed by atoms with Gasteiger partial charge < -0.3 is 5.32 Å². The zero-order valence-electron chi connectivity index (χ0n) is 13.5. The number of nitrogens with one attached hydrogen (secondary N) is 1. The molecule has 3 aromatic rings. The number of aromatic nitrogens is 3. The normalized spacial score (nSPS) is 13.0. The summed E-state index contributed by atoms with van der Waals surface area (Å²) >= 11 is 0. The largest absolute Gasteiger partial charge is 0.412 e. The van der Waals surface area contributed by atoms with Gasteiger partial charge in [-0.15, -0.1) is 0 Å². The van der Waals surface area contributed by atoms with Crippen LogP contribution in [0.4, 0.5) is 13.2 Å². The highest BCUT2D eigenvalue weighted by atomic mass is 19.4. The lowest BCUT2D eigenvalue weighted by Gasteiger charge is -2.21. The topological polar surface area (TPSA) is 59.3 Å². The maximum Gasteiger partial charge on any atom is 0.412 e. The molecule has 3 rings (SSSR count). The summed E-state index contributed by atoms with van der Waals surface area (Å²) in [7, 11) is 0. The fraction of sp³-hybridized carbons (Fsp3) is 0.235. The lowest BCUT2D eigenvalue weighted by Crippen LogP contribution is -2.38. The Bertz CT molecular complexity index is 919. The first kappa shape index (κ1) is 16.9. The monoisotopic (exact) mass is 348 g/mol. The third-order valence-corrected chi connectivity index (χ3v) is 3.78. The van der Waals surface area contributed by atoms with Crippen LogP contribution in [-0.4, -0.2) is 26.5 Å². The van der Waals surface area contributed by atoms with E-state index >= 15 is 0 Å². The highest BCUT2D eigenvalue weighted by Gasteiger charge is 2.42. The minimum Gasteiger partial charge on any atom is -0.335 e. The Balaban J connectivity index is 2.00. The molecule has 1 amide bonds. The number of halogens is 3.